The van der Waals surface area contributed by atoms with Crippen LogP contribution in [0.25, 0.3) is 0 Å². The van der Waals surface area contributed by atoms with Gasteiger partial charge in [0.15, 0.2) is 5.96 Å². The van der Waals surface area contributed by atoms with Gasteiger partial charge in [0.1, 0.15) is 5.60 Å². The number of alkyl carbamates (subject to hydrolysis) is 1. The molecule has 6 nitrogen and oxygen atoms in total. The summed E-state index contributed by atoms with van der Waals surface area (Å²) in [6.45, 7) is 9.43. The fourth-order valence-corrected chi connectivity index (χ4v) is 3.71. The third kappa shape index (κ3) is 5.15. The number of hydrogen-bond acceptors (Lipinski definition) is 3. The van der Waals surface area contributed by atoms with Crippen LogP contribution in [0.1, 0.15) is 50.7 Å². The number of aliphatic imine (C=N–C) groups is 1. The molecule has 1 aromatic carbocycles. The van der Waals surface area contributed by atoms with E-state index < -0.39 is 5.60 Å². The second-order valence-electron chi connectivity index (χ2n) is 8.57. The lowest BCUT2D eigenvalue weighted by atomic mass is 10.0. The van der Waals surface area contributed by atoms with Crippen LogP contribution < -0.4 is 10.6 Å². The Balaban J connectivity index is 1.50. The van der Waals surface area contributed by atoms with Crippen LogP contribution in [0.4, 0.5) is 4.79 Å². The Labute approximate surface area is 162 Å². The predicted octanol–water partition coefficient (Wildman–Crippen LogP) is 3.03. The van der Waals surface area contributed by atoms with Crippen molar-refractivity contribution in [1.29, 1.82) is 0 Å². The Morgan fingerprint density at radius 3 is 2.67 bits per heavy atom. The predicted molar refractivity (Wildman–Crippen MR) is 108 cm³/mol. The third-order valence-electron chi connectivity index (χ3n) is 5.11. The van der Waals surface area contributed by atoms with Gasteiger partial charge >= 0.3 is 6.09 Å². The molecule has 0 spiro atoms. The van der Waals surface area contributed by atoms with E-state index in [1.165, 1.54) is 11.1 Å². The number of carbonyl (C=O) groups excluding carboxylic acids is 1. The van der Waals surface area contributed by atoms with E-state index in [4.69, 9.17) is 4.74 Å². The number of aryl methyl sites for hydroxylation is 1. The molecule has 3 rings (SSSR count). The van der Waals surface area contributed by atoms with Crippen LogP contribution in [0.15, 0.2) is 29.3 Å². The summed E-state index contributed by atoms with van der Waals surface area (Å²) < 4.78 is 5.36. The van der Waals surface area contributed by atoms with Crippen LogP contribution in [-0.4, -0.2) is 54.8 Å². The summed E-state index contributed by atoms with van der Waals surface area (Å²) in [4.78, 5) is 18.7. The van der Waals surface area contributed by atoms with Gasteiger partial charge < -0.3 is 20.3 Å². The minimum atomic E-state index is -0.476. The molecule has 1 aromatic rings. The Kier molecular flexibility index (Phi) is 5.63. The van der Waals surface area contributed by atoms with Crippen LogP contribution >= 0.6 is 0 Å². The van der Waals surface area contributed by atoms with E-state index in [1.807, 2.05) is 27.8 Å². The molecular weight excluding hydrogens is 340 g/mol. The van der Waals surface area contributed by atoms with Gasteiger partial charge in [-0.2, -0.15) is 0 Å². The fourth-order valence-electron chi connectivity index (χ4n) is 3.71. The molecule has 148 valence electrons. The number of likely N-dealkylation sites (tertiary alicyclic amines) is 1. The number of carbonyl (C=O) groups is 1. The smallest absolute Gasteiger partial charge is 0.407 e. The standard InChI is InChI=1S/C21H32N4O2/c1-14-8-6-7-9-16(14)17-12-18(17)24-19(22-5)25-11-10-15(13-25)23-20(26)27-21(2,3)4/h6-9,15,17-18H,10-13H2,1-5H3,(H,22,24)(H,23,26). The van der Waals surface area contributed by atoms with Crippen molar-refractivity contribution in [3.05, 3.63) is 35.4 Å². The average Bonchev–Trinajstić information content (AvgIpc) is 3.19. The lowest BCUT2D eigenvalue weighted by Gasteiger charge is -2.23. The molecule has 1 aliphatic carbocycles. The van der Waals surface area contributed by atoms with Crippen molar-refractivity contribution in [1.82, 2.24) is 15.5 Å². The van der Waals surface area contributed by atoms with Crippen molar-refractivity contribution >= 4 is 12.1 Å². The van der Waals surface area contributed by atoms with Gasteiger partial charge in [0.25, 0.3) is 0 Å². The van der Waals surface area contributed by atoms with Gasteiger partial charge in [0.05, 0.1) is 6.04 Å². The summed E-state index contributed by atoms with van der Waals surface area (Å²) >= 11 is 0. The highest BCUT2D eigenvalue weighted by molar-refractivity contribution is 5.81. The summed E-state index contributed by atoms with van der Waals surface area (Å²) in [5.41, 5.74) is 2.30. The average molecular weight is 373 g/mol. The quantitative estimate of drug-likeness (QED) is 0.632. The lowest BCUT2D eigenvalue weighted by molar-refractivity contribution is 0.0507. The molecule has 1 amide bonds. The topological polar surface area (TPSA) is 66.0 Å². The molecule has 1 saturated carbocycles. The number of rotatable bonds is 3. The molecule has 0 bridgehead atoms. The molecule has 6 heteroatoms. The van der Waals surface area contributed by atoms with E-state index in [2.05, 4.69) is 51.7 Å². The van der Waals surface area contributed by atoms with Crippen LogP contribution in [0.2, 0.25) is 0 Å². The van der Waals surface area contributed by atoms with Gasteiger partial charge in [-0.1, -0.05) is 24.3 Å². The second kappa shape index (κ2) is 7.79. The number of benzene rings is 1. The van der Waals surface area contributed by atoms with E-state index >= 15 is 0 Å². The molecule has 2 aliphatic rings. The highest BCUT2D eigenvalue weighted by atomic mass is 16.6. The van der Waals surface area contributed by atoms with E-state index in [9.17, 15) is 4.79 Å². The van der Waals surface area contributed by atoms with Crippen molar-refractivity contribution < 1.29 is 9.53 Å². The third-order valence-corrected chi connectivity index (χ3v) is 5.11. The SMILES string of the molecule is CN=C(NC1CC1c1ccccc1C)N1CCC(NC(=O)OC(C)(C)C)C1. The number of ether oxygens (including phenoxy) is 1. The van der Waals surface area contributed by atoms with Crippen molar-refractivity contribution in [3.8, 4) is 0 Å². The maximum atomic E-state index is 12.0. The fraction of sp³-hybridized carbons (Fsp3) is 0.619. The van der Waals surface area contributed by atoms with Crippen LogP contribution in [0.5, 0.6) is 0 Å². The van der Waals surface area contributed by atoms with E-state index in [1.54, 1.807) is 0 Å². The van der Waals surface area contributed by atoms with Crippen LogP contribution in [-0.2, 0) is 4.74 Å². The molecule has 0 aromatic heterocycles. The lowest BCUT2D eigenvalue weighted by Crippen LogP contribution is -2.44. The number of amides is 1. The molecule has 0 radical (unpaired) electrons. The highest BCUT2D eigenvalue weighted by Gasteiger charge is 2.41. The Bertz CT molecular complexity index is 710. The molecule has 3 unspecified atom stereocenters. The zero-order valence-electron chi connectivity index (χ0n) is 17.1. The van der Waals surface area contributed by atoms with Gasteiger partial charge in [-0.3, -0.25) is 4.99 Å². The maximum absolute atomic E-state index is 12.0. The Hall–Kier alpha value is -2.24. The number of nitrogens with zero attached hydrogens (tertiary/aromatic N) is 2. The van der Waals surface area contributed by atoms with E-state index in [0.29, 0.717) is 12.0 Å². The molecule has 1 saturated heterocycles. The van der Waals surface area contributed by atoms with Crippen molar-refractivity contribution in [2.24, 2.45) is 4.99 Å². The summed E-state index contributed by atoms with van der Waals surface area (Å²) in [6.07, 6.45) is 1.68. The van der Waals surface area contributed by atoms with E-state index in [0.717, 1.165) is 31.9 Å². The van der Waals surface area contributed by atoms with Gasteiger partial charge in [0, 0.05) is 32.1 Å². The van der Waals surface area contributed by atoms with E-state index in [-0.39, 0.29) is 12.1 Å². The number of nitrogens with one attached hydrogen (secondary N) is 2. The van der Waals surface area contributed by atoms with Gasteiger partial charge in [-0.25, -0.2) is 4.79 Å². The van der Waals surface area contributed by atoms with Gasteiger partial charge in [0.2, 0.25) is 0 Å². The molecule has 1 heterocycles. The molecule has 2 N–H and O–H groups in total. The first-order valence-electron chi connectivity index (χ1n) is 9.80. The minimum absolute atomic E-state index is 0.0877. The summed E-state index contributed by atoms with van der Waals surface area (Å²) in [5.74, 6) is 1.48. The van der Waals surface area contributed by atoms with Crippen LogP contribution in [0, 0.1) is 6.92 Å². The molecular formula is C21H32N4O2. The molecule has 1 aliphatic heterocycles. The van der Waals surface area contributed by atoms with Crippen molar-refractivity contribution in [3.63, 3.8) is 0 Å². The Morgan fingerprint density at radius 1 is 1.26 bits per heavy atom. The van der Waals surface area contributed by atoms with Crippen molar-refractivity contribution in [2.75, 3.05) is 20.1 Å². The highest BCUT2D eigenvalue weighted by Crippen LogP contribution is 2.42. The molecule has 3 atom stereocenters. The van der Waals surface area contributed by atoms with Gasteiger partial charge in [-0.05, 0) is 51.7 Å². The first kappa shape index (κ1) is 19.5. The first-order chi connectivity index (χ1) is 12.8. The minimum Gasteiger partial charge on any atom is -0.444 e. The zero-order chi connectivity index (χ0) is 19.6. The second-order valence-corrected chi connectivity index (χ2v) is 8.57. The van der Waals surface area contributed by atoms with Crippen LogP contribution in [0.3, 0.4) is 0 Å². The number of guanidine groups is 1. The maximum Gasteiger partial charge on any atom is 0.407 e. The first-order valence-corrected chi connectivity index (χ1v) is 9.80. The Morgan fingerprint density at radius 2 is 2.00 bits per heavy atom. The monoisotopic (exact) mass is 372 g/mol. The summed E-state index contributed by atoms with van der Waals surface area (Å²) in [6, 6.07) is 9.12. The largest absolute Gasteiger partial charge is 0.444 e. The number of hydrogen-bond donors (Lipinski definition) is 2. The molecule has 2 fully saturated rings. The zero-order valence-corrected chi connectivity index (χ0v) is 17.1. The molecule has 27 heavy (non-hydrogen) atoms. The summed E-state index contributed by atoms with van der Waals surface area (Å²) in [7, 11) is 1.82. The van der Waals surface area contributed by atoms with Crippen molar-refractivity contribution in [2.45, 2.75) is 64.1 Å². The van der Waals surface area contributed by atoms with Gasteiger partial charge in [-0.15, -0.1) is 0 Å². The normalized spacial score (nSPS) is 25.3. The summed E-state index contributed by atoms with van der Waals surface area (Å²) in [5, 5.41) is 6.57.